The molecule has 1 aliphatic heterocycles. The van der Waals surface area contributed by atoms with Gasteiger partial charge in [-0.25, -0.2) is 0 Å². The Kier molecular flexibility index (Phi) is 4.17. The Balaban J connectivity index is 1.58. The first-order chi connectivity index (χ1) is 12.5. The van der Waals surface area contributed by atoms with Gasteiger partial charge in [0.15, 0.2) is 6.35 Å². The van der Waals surface area contributed by atoms with Crippen molar-refractivity contribution in [3.05, 3.63) is 47.5 Å². The summed E-state index contributed by atoms with van der Waals surface area (Å²) < 4.78 is 5.90. The molecule has 1 aromatic carbocycles. The van der Waals surface area contributed by atoms with Gasteiger partial charge in [-0.05, 0) is 61.9 Å². The van der Waals surface area contributed by atoms with E-state index in [2.05, 4.69) is 22.4 Å². The number of hydrogen-bond donors (Lipinski definition) is 2. The third-order valence-electron chi connectivity index (χ3n) is 5.34. The van der Waals surface area contributed by atoms with Crippen molar-refractivity contribution in [1.82, 2.24) is 10.3 Å². The number of pyridine rings is 1. The summed E-state index contributed by atoms with van der Waals surface area (Å²) in [5.41, 5.74) is 1.92. The lowest BCUT2D eigenvalue weighted by Gasteiger charge is -2.20. The second-order valence-electron chi connectivity index (χ2n) is 7.10. The first kappa shape index (κ1) is 17.0. The standard InChI is InChI=1S/C20H23N3O3/c1-3-20(2)18(24)23(19(25)22-20)16-8-5-9-17(21-16)26-15-11-10-13-6-4-7-14(13)12-15/h5,8-12,19,22,25H,3-4,6-7H2,1-2H3/t19?,20-/m1/s1. The van der Waals surface area contributed by atoms with Gasteiger partial charge in [0.25, 0.3) is 5.91 Å². The zero-order valence-corrected chi connectivity index (χ0v) is 15.0. The molecule has 2 atom stereocenters. The van der Waals surface area contributed by atoms with E-state index in [1.54, 1.807) is 25.1 Å². The van der Waals surface area contributed by atoms with Gasteiger partial charge in [0.2, 0.25) is 5.88 Å². The molecule has 0 bridgehead atoms. The van der Waals surface area contributed by atoms with E-state index in [0.717, 1.165) is 18.6 Å². The summed E-state index contributed by atoms with van der Waals surface area (Å²) in [7, 11) is 0. The number of aromatic nitrogens is 1. The Morgan fingerprint density at radius 2 is 2.12 bits per heavy atom. The molecular weight excluding hydrogens is 330 g/mol. The lowest BCUT2D eigenvalue weighted by atomic mass is 9.99. The Labute approximate surface area is 152 Å². The largest absolute Gasteiger partial charge is 0.439 e. The molecule has 1 amide bonds. The fraction of sp³-hybridized carbons (Fsp3) is 0.400. The van der Waals surface area contributed by atoms with Crippen LogP contribution in [-0.2, 0) is 17.6 Å². The van der Waals surface area contributed by atoms with E-state index in [1.165, 1.54) is 22.4 Å². The molecule has 2 aromatic rings. The molecular formula is C20H23N3O3. The van der Waals surface area contributed by atoms with Gasteiger partial charge in [-0.15, -0.1) is 0 Å². The summed E-state index contributed by atoms with van der Waals surface area (Å²) in [5.74, 6) is 1.30. The molecule has 1 fully saturated rings. The highest BCUT2D eigenvalue weighted by Gasteiger charge is 2.47. The van der Waals surface area contributed by atoms with Crippen molar-refractivity contribution in [1.29, 1.82) is 0 Å². The Hall–Kier alpha value is -2.44. The number of rotatable bonds is 4. The molecule has 1 saturated heterocycles. The van der Waals surface area contributed by atoms with E-state index in [4.69, 9.17) is 4.74 Å². The quantitative estimate of drug-likeness (QED) is 0.884. The van der Waals surface area contributed by atoms with Gasteiger partial charge >= 0.3 is 0 Å². The van der Waals surface area contributed by atoms with E-state index in [0.29, 0.717) is 18.1 Å². The van der Waals surface area contributed by atoms with E-state index >= 15 is 0 Å². The number of amides is 1. The molecule has 136 valence electrons. The average Bonchev–Trinajstić information content (AvgIpc) is 3.18. The van der Waals surface area contributed by atoms with Crippen LogP contribution in [0.25, 0.3) is 0 Å². The first-order valence-electron chi connectivity index (χ1n) is 9.06. The minimum absolute atomic E-state index is 0.199. The van der Waals surface area contributed by atoms with Crippen molar-refractivity contribution >= 4 is 11.7 Å². The highest BCUT2D eigenvalue weighted by Crippen LogP contribution is 2.31. The number of ether oxygens (including phenoxy) is 1. The van der Waals surface area contributed by atoms with Crippen LogP contribution in [0.5, 0.6) is 11.6 Å². The average molecular weight is 353 g/mol. The van der Waals surface area contributed by atoms with Gasteiger partial charge in [-0.3, -0.25) is 15.0 Å². The molecule has 2 aliphatic rings. The van der Waals surface area contributed by atoms with Crippen molar-refractivity contribution in [3.63, 3.8) is 0 Å². The number of carbonyl (C=O) groups excluding carboxylic acids is 1. The van der Waals surface area contributed by atoms with Gasteiger partial charge in [0, 0.05) is 6.07 Å². The van der Waals surface area contributed by atoms with Crippen LogP contribution in [0.2, 0.25) is 0 Å². The van der Waals surface area contributed by atoms with E-state index in [1.807, 2.05) is 13.0 Å². The number of aliphatic hydroxyl groups excluding tert-OH is 1. The van der Waals surface area contributed by atoms with Gasteiger partial charge in [-0.1, -0.05) is 19.1 Å². The molecule has 1 aromatic heterocycles. The topological polar surface area (TPSA) is 74.7 Å². The molecule has 0 radical (unpaired) electrons. The summed E-state index contributed by atoms with van der Waals surface area (Å²) in [6.07, 6.45) is 2.86. The lowest BCUT2D eigenvalue weighted by Crippen LogP contribution is -2.43. The molecule has 6 nitrogen and oxygen atoms in total. The number of fused-ring (bicyclic) bond motifs is 1. The van der Waals surface area contributed by atoms with Crippen LogP contribution in [0.3, 0.4) is 0 Å². The van der Waals surface area contributed by atoms with Crippen LogP contribution in [-0.4, -0.2) is 27.9 Å². The SMILES string of the molecule is CC[C@@]1(C)NC(O)N(c2cccc(Oc3ccc4c(c3)CCC4)n2)C1=O. The van der Waals surface area contributed by atoms with Gasteiger partial charge in [-0.2, -0.15) is 4.98 Å². The van der Waals surface area contributed by atoms with Crippen LogP contribution in [0.4, 0.5) is 5.82 Å². The number of hydrogen-bond acceptors (Lipinski definition) is 5. The third-order valence-corrected chi connectivity index (χ3v) is 5.34. The van der Waals surface area contributed by atoms with E-state index in [-0.39, 0.29) is 5.91 Å². The number of aryl methyl sites for hydroxylation is 2. The fourth-order valence-electron chi connectivity index (χ4n) is 3.60. The van der Waals surface area contributed by atoms with Crippen molar-refractivity contribution < 1.29 is 14.6 Å². The molecule has 4 rings (SSSR count). The molecule has 0 spiro atoms. The van der Waals surface area contributed by atoms with Crippen LogP contribution in [0.1, 0.15) is 37.8 Å². The lowest BCUT2D eigenvalue weighted by molar-refractivity contribution is -0.121. The minimum Gasteiger partial charge on any atom is -0.439 e. The smallest absolute Gasteiger partial charge is 0.251 e. The number of aliphatic hydroxyl groups is 1. The summed E-state index contributed by atoms with van der Waals surface area (Å²) in [5, 5.41) is 13.2. The van der Waals surface area contributed by atoms with Crippen molar-refractivity contribution in [2.75, 3.05) is 4.90 Å². The van der Waals surface area contributed by atoms with Gasteiger partial charge in [0.05, 0.1) is 5.54 Å². The van der Waals surface area contributed by atoms with E-state index < -0.39 is 11.9 Å². The predicted molar refractivity (Wildman–Crippen MR) is 98.1 cm³/mol. The number of benzene rings is 1. The number of carbonyl (C=O) groups is 1. The van der Waals surface area contributed by atoms with Crippen molar-refractivity contribution in [3.8, 4) is 11.6 Å². The number of nitrogens with one attached hydrogen (secondary N) is 1. The maximum Gasteiger partial charge on any atom is 0.251 e. The summed E-state index contributed by atoms with van der Waals surface area (Å²) in [6.45, 7) is 3.69. The number of nitrogens with zero attached hydrogens (tertiary/aromatic N) is 2. The Morgan fingerprint density at radius 1 is 1.31 bits per heavy atom. The van der Waals surface area contributed by atoms with Crippen LogP contribution in [0, 0.1) is 0 Å². The summed E-state index contributed by atoms with van der Waals surface area (Å²) in [6, 6.07) is 11.3. The molecule has 6 heteroatoms. The maximum atomic E-state index is 12.7. The van der Waals surface area contributed by atoms with Crippen LogP contribution >= 0.6 is 0 Å². The second-order valence-corrected chi connectivity index (χ2v) is 7.10. The second kappa shape index (κ2) is 6.37. The number of anilines is 1. The minimum atomic E-state index is -1.10. The Morgan fingerprint density at radius 3 is 2.88 bits per heavy atom. The third kappa shape index (κ3) is 2.85. The molecule has 1 unspecified atom stereocenters. The summed E-state index contributed by atoms with van der Waals surface area (Å²) in [4.78, 5) is 18.4. The highest BCUT2D eigenvalue weighted by molar-refractivity contribution is 6.01. The zero-order valence-electron chi connectivity index (χ0n) is 15.0. The highest BCUT2D eigenvalue weighted by atomic mass is 16.5. The van der Waals surface area contributed by atoms with Crippen LogP contribution < -0.4 is 15.0 Å². The van der Waals surface area contributed by atoms with Crippen molar-refractivity contribution in [2.24, 2.45) is 0 Å². The summed E-state index contributed by atoms with van der Waals surface area (Å²) >= 11 is 0. The predicted octanol–water partition coefficient (Wildman–Crippen LogP) is 2.74. The Bertz CT molecular complexity index is 854. The maximum absolute atomic E-state index is 12.7. The van der Waals surface area contributed by atoms with E-state index in [9.17, 15) is 9.90 Å². The molecule has 1 aliphatic carbocycles. The fourth-order valence-corrected chi connectivity index (χ4v) is 3.60. The van der Waals surface area contributed by atoms with Crippen molar-refractivity contribution in [2.45, 2.75) is 51.4 Å². The molecule has 26 heavy (non-hydrogen) atoms. The van der Waals surface area contributed by atoms with Gasteiger partial charge < -0.3 is 9.84 Å². The molecule has 2 heterocycles. The molecule has 2 N–H and O–H groups in total. The first-order valence-corrected chi connectivity index (χ1v) is 9.06. The normalized spacial score (nSPS) is 24.8. The molecule has 0 saturated carbocycles. The van der Waals surface area contributed by atoms with Crippen LogP contribution in [0.15, 0.2) is 36.4 Å². The van der Waals surface area contributed by atoms with Gasteiger partial charge in [0.1, 0.15) is 11.6 Å². The zero-order chi connectivity index (χ0) is 18.3. The monoisotopic (exact) mass is 353 g/mol.